The van der Waals surface area contributed by atoms with E-state index in [-0.39, 0.29) is 37.7 Å². The Kier molecular flexibility index (Phi) is 11.1. The number of nitrogens with zero attached hydrogens (tertiary/aromatic N) is 2. The van der Waals surface area contributed by atoms with Crippen molar-refractivity contribution in [1.29, 1.82) is 0 Å². The van der Waals surface area contributed by atoms with Gasteiger partial charge in [-0.3, -0.25) is 4.79 Å². The van der Waals surface area contributed by atoms with Gasteiger partial charge in [-0.25, -0.2) is 19.3 Å². The summed E-state index contributed by atoms with van der Waals surface area (Å²) in [6, 6.07) is 3.87. The van der Waals surface area contributed by atoms with Crippen LogP contribution >= 0.6 is 7.94 Å². The molecule has 0 spiro atoms. The Bertz CT molecular complexity index is 1080. The lowest BCUT2D eigenvalue weighted by molar-refractivity contribution is -0.161. The van der Waals surface area contributed by atoms with Crippen LogP contribution in [0.15, 0.2) is 24.3 Å². The summed E-state index contributed by atoms with van der Waals surface area (Å²) in [5.41, 5.74) is -0.147. The number of ether oxygens (including phenoxy) is 2. The predicted molar refractivity (Wildman–Crippen MR) is 152 cm³/mol. The standard InChI is InChI=1S/C28H42N3O9P/c1-7-38-41(36,39-8-2)22-15-11-19(12-16-22)23(25(33)37-6)29-26(34)31-18-17-30(27(31)35)21-13-9-20(10-14-21)24(32)40-28(3,4)5/h11-12,15-16,20-21,23,36H,7-10,13-14,17-18H2,1-6H3/p+1/t20?,21?,23-/m1/s1. The largest absolute Gasteiger partial charge is 0.467 e. The third-order valence-corrected chi connectivity index (χ3v) is 9.20. The second-order valence-corrected chi connectivity index (χ2v) is 13.1. The second-order valence-electron chi connectivity index (χ2n) is 11.0. The van der Waals surface area contributed by atoms with Gasteiger partial charge in [0.15, 0.2) is 11.3 Å². The van der Waals surface area contributed by atoms with Crippen LogP contribution < -0.4 is 10.6 Å². The van der Waals surface area contributed by atoms with Gasteiger partial charge >= 0.3 is 31.9 Å². The number of esters is 2. The third kappa shape index (κ3) is 8.16. The topological polar surface area (TPSA) is 144 Å². The average Bonchev–Trinajstić information content (AvgIpc) is 3.32. The highest BCUT2D eigenvalue weighted by Crippen LogP contribution is 2.55. The molecule has 2 aliphatic rings. The number of benzene rings is 1. The van der Waals surface area contributed by atoms with Gasteiger partial charge in [-0.1, -0.05) is 12.1 Å². The molecule has 3 rings (SSSR count). The van der Waals surface area contributed by atoms with Gasteiger partial charge in [-0.2, -0.15) is 13.9 Å². The van der Waals surface area contributed by atoms with Crippen LogP contribution in [0.3, 0.4) is 0 Å². The van der Waals surface area contributed by atoms with Crippen LogP contribution in [0.25, 0.3) is 0 Å². The maximum atomic E-state index is 13.2. The van der Waals surface area contributed by atoms with Crippen molar-refractivity contribution in [3.8, 4) is 0 Å². The molecule has 2 N–H and O–H groups in total. The molecule has 0 bridgehead atoms. The van der Waals surface area contributed by atoms with Crippen molar-refractivity contribution < 1.29 is 42.6 Å². The van der Waals surface area contributed by atoms with E-state index in [0.29, 0.717) is 43.1 Å². The molecule has 13 heteroatoms. The molecule has 1 aromatic rings. The van der Waals surface area contributed by atoms with Gasteiger partial charge in [0, 0.05) is 19.1 Å². The Morgan fingerprint density at radius 3 is 2.12 bits per heavy atom. The number of methoxy groups -OCH3 is 1. The molecule has 1 saturated carbocycles. The van der Waals surface area contributed by atoms with Gasteiger partial charge in [0.05, 0.1) is 26.2 Å². The lowest BCUT2D eigenvalue weighted by Crippen LogP contribution is -2.48. The fraction of sp³-hybridized carbons (Fsp3) is 0.643. The SMILES string of the molecule is CCO[P+](O)(OCC)c1ccc([C@@H](NC(=O)N2CCN(C3CCC(C(=O)OC(C)(C)C)CC3)C2=O)C(=O)OC)cc1. The van der Waals surface area contributed by atoms with Crippen molar-refractivity contribution in [2.45, 2.75) is 78.0 Å². The summed E-state index contributed by atoms with van der Waals surface area (Å²) in [6.07, 6.45) is 2.50. The highest BCUT2D eigenvalue weighted by molar-refractivity contribution is 7.68. The normalized spacial score (nSPS) is 20.5. The molecule has 0 aromatic heterocycles. The molecule has 1 saturated heterocycles. The molecule has 1 aliphatic heterocycles. The molecule has 1 aromatic carbocycles. The number of hydrogen-bond donors (Lipinski definition) is 2. The molecule has 0 radical (unpaired) electrons. The molecule has 41 heavy (non-hydrogen) atoms. The van der Waals surface area contributed by atoms with E-state index in [1.165, 1.54) is 7.11 Å². The van der Waals surface area contributed by atoms with Gasteiger partial charge in [0.25, 0.3) is 0 Å². The summed E-state index contributed by atoms with van der Waals surface area (Å²) in [5, 5.41) is 3.04. The summed E-state index contributed by atoms with van der Waals surface area (Å²) in [7, 11) is -2.07. The molecule has 0 unspecified atom stereocenters. The maximum Gasteiger partial charge on any atom is 0.446 e. The zero-order chi connectivity index (χ0) is 30.4. The Morgan fingerprint density at radius 2 is 1.61 bits per heavy atom. The van der Waals surface area contributed by atoms with E-state index in [4.69, 9.17) is 18.5 Å². The van der Waals surface area contributed by atoms with Gasteiger partial charge in [0.2, 0.25) is 0 Å². The molecule has 1 atom stereocenters. The minimum Gasteiger partial charge on any atom is -0.467 e. The lowest BCUT2D eigenvalue weighted by Gasteiger charge is -2.34. The van der Waals surface area contributed by atoms with E-state index in [1.807, 2.05) is 20.8 Å². The van der Waals surface area contributed by atoms with Gasteiger partial charge in [0.1, 0.15) is 5.60 Å². The Labute approximate surface area is 242 Å². The average molecular weight is 597 g/mol. The van der Waals surface area contributed by atoms with Crippen LogP contribution in [0.2, 0.25) is 0 Å². The van der Waals surface area contributed by atoms with Crippen LogP contribution in [0, 0.1) is 5.92 Å². The molecule has 228 valence electrons. The van der Waals surface area contributed by atoms with Crippen LogP contribution in [0.1, 0.15) is 71.9 Å². The van der Waals surface area contributed by atoms with Crippen LogP contribution in [0.5, 0.6) is 0 Å². The van der Waals surface area contributed by atoms with Crippen molar-refractivity contribution in [2.75, 3.05) is 33.4 Å². The first-order valence-electron chi connectivity index (χ1n) is 14.0. The van der Waals surface area contributed by atoms with E-state index < -0.39 is 37.6 Å². The highest BCUT2D eigenvalue weighted by Gasteiger charge is 2.44. The summed E-state index contributed by atoms with van der Waals surface area (Å²) in [5.74, 6) is -1.13. The predicted octanol–water partition coefficient (Wildman–Crippen LogP) is 3.70. The Balaban J connectivity index is 1.64. The van der Waals surface area contributed by atoms with E-state index in [9.17, 15) is 24.1 Å². The lowest BCUT2D eigenvalue weighted by atomic mass is 9.85. The number of nitrogens with one attached hydrogen (secondary N) is 1. The van der Waals surface area contributed by atoms with Crippen molar-refractivity contribution in [2.24, 2.45) is 5.92 Å². The van der Waals surface area contributed by atoms with Gasteiger partial charge in [-0.05, 0) is 78.0 Å². The molecular weight excluding hydrogens is 553 g/mol. The maximum absolute atomic E-state index is 13.2. The fourth-order valence-corrected chi connectivity index (χ4v) is 6.68. The first kappa shape index (κ1) is 32.7. The smallest absolute Gasteiger partial charge is 0.446 e. The third-order valence-electron chi connectivity index (χ3n) is 7.03. The number of rotatable bonds is 10. The Morgan fingerprint density at radius 1 is 1.02 bits per heavy atom. The van der Waals surface area contributed by atoms with Gasteiger partial charge in [-0.15, -0.1) is 0 Å². The zero-order valence-corrected chi connectivity index (χ0v) is 25.6. The number of urea groups is 2. The van der Waals surface area contributed by atoms with E-state index in [1.54, 1.807) is 43.0 Å². The zero-order valence-electron chi connectivity index (χ0n) is 24.8. The first-order chi connectivity index (χ1) is 19.3. The van der Waals surface area contributed by atoms with Crippen LogP contribution in [-0.2, 0) is 28.1 Å². The van der Waals surface area contributed by atoms with E-state index in [2.05, 4.69) is 5.32 Å². The minimum atomic E-state index is -3.28. The second kappa shape index (κ2) is 13.9. The monoisotopic (exact) mass is 596 g/mol. The summed E-state index contributed by atoms with van der Waals surface area (Å²) < 4.78 is 21.4. The molecule has 2 fully saturated rings. The van der Waals surface area contributed by atoms with Crippen LogP contribution in [-0.4, -0.2) is 83.8 Å². The first-order valence-corrected chi connectivity index (χ1v) is 15.6. The van der Waals surface area contributed by atoms with Crippen LogP contribution in [0.4, 0.5) is 9.59 Å². The van der Waals surface area contributed by atoms with E-state index >= 15 is 0 Å². The summed E-state index contributed by atoms with van der Waals surface area (Å²) in [4.78, 5) is 65.1. The van der Waals surface area contributed by atoms with E-state index in [0.717, 1.165) is 4.90 Å². The molecule has 4 amide bonds. The molecule has 12 nitrogen and oxygen atoms in total. The molecule has 1 aliphatic carbocycles. The van der Waals surface area contributed by atoms with Crippen molar-refractivity contribution in [1.82, 2.24) is 15.1 Å². The Hall–Kier alpha value is -2.79. The van der Waals surface area contributed by atoms with Gasteiger partial charge < -0.3 is 19.7 Å². The number of carbonyl (C=O) groups is 4. The number of carbonyl (C=O) groups excluding carboxylic acids is 4. The minimum absolute atomic E-state index is 0.0827. The van der Waals surface area contributed by atoms with Crippen molar-refractivity contribution >= 4 is 37.2 Å². The highest BCUT2D eigenvalue weighted by atomic mass is 31.2. The molecule has 1 heterocycles. The number of hydrogen-bond acceptors (Lipinski definition) is 9. The number of amides is 4. The quantitative estimate of drug-likeness (QED) is 0.305. The number of imide groups is 1. The van der Waals surface area contributed by atoms with Crippen molar-refractivity contribution in [3.63, 3.8) is 0 Å². The fourth-order valence-electron chi connectivity index (χ4n) is 5.08. The van der Waals surface area contributed by atoms with Crippen molar-refractivity contribution in [3.05, 3.63) is 29.8 Å². The molecular formula is C28H43N3O9P+. The summed E-state index contributed by atoms with van der Waals surface area (Å²) >= 11 is 0. The summed E-state index contributed by atoms with van der Waals surface area (Å²) in [6.45, 7) is 10.0.